The summed E-state index contributed by atoms with van der Waals surface area (Å²) in [6.07, 6.45) is 0. The van der Waals surface area contributed by atoms with E-state index in [9.17, 15) is 0 Å². The molecule has 2 aromatic heterocycles. The Balaban J connectivity index is 1.36. The Hall–Kier alpha value is -5.71. The highest BCUT2D eigenvalue weighted by Gasteiger charge is 2.22. The third-order valence-corrected chi connectivity index (χ3v) is 9.64. The van der Waals surface area contributed by atoms with Crippen molar-refractivity contribution in [2.24, 2.45) is 0 Å². The number of anilines is 3. The monoisotopic (exact) mass is 594 g/mol. The first kappa shape index (κ1) is 25.8. The molecule has 45 heavy (non-hydrogen) atoms. The van der Waals surface area contributed by atoms with Gasteiger partial charge in [0.15, 0.2) is 5.58 Å². The molecule has 0 saturated heterocycles. The van der Waals surface area contributed by atoms with Crippen LogP contribution in [0.25, 0.3) is 64.6 Å². The molecule has 0 unspecified atom stereocenters. The van der Waals surface area contributed by atoms with Crippen molar-refractivity contribution in [2.45, 2.75) is 0 Å². The number of nitrogens with zero attached hydrogens (tertiary/aromatic N) is 2. The second-order valence-corrected chi connectivity index (χ2v) is 12.3. The van der Waals surface area contributed by atoms with Gasteiger partial charge in [-0.2, -0.15) is 0 Å². The smallest absolute Gasteiger partial charge is 0.227 e. The van der Waals surface area contributed by atoms with Crippen LogP contribution >= 0.6 is 11.3 Å². The summed E-state index contributed by atoms with van der Waals surface area (Å²) in [6, 6.07) is 55.6. The fourth-order valence-electron chi connectivity index (χ4n) is 6.43. The van der Waals surface area contributed by atoms with Crippen molar-refractivity contribution >= 4 is 70.4 Å². The zero-order valence-electron chi connectivity index (χ0n) is 24.2. The van der Waals surface area contributed by atoms with E-state index < -0.39 is 0 Å². The van der Waals surface area contributed by atoms with E-state index in [0.29, 0.717) is 5.89 Å². The average Bonchev–Trinajstić information content (AvgIpc) is 3.71. The molecule has 0 aliphatic heterocycles. The van der Waals surface area contributed by atoms with Gasteiger partial charge >= 0.3 is 0 Å². The summed E-state index contributed by atoms with van der Waals surface area (Å²) in [6.45, 7) is 0. The summed E-state index contributed by atoms with van der Waals surface area (Å²) >= 11 is 1.84. The van der Waals surface area contributed by atoms with Gasteiger partial charge in [-0.15, -0.1) is 11.3 Å². The van der Waals surface area contributed by atoms with Crippen molar-refractivity contribution in [3.05, 3.63) is 158 Å². The second kappa shape index (κ2) is 10.5. The van der Waals surface area contributed by atoms with Gasteiger partial charge in [0.25, 0.3) is 0 Å². The maximum atomic E-state index is 6.37. The molecule has 0 saturated carbocycles. The van der Waals surface area contributed by atoms with E-state index >= 15 is 0 Å². The summed E-state index contributed by atoms with van der Waals surface area (Å²) in [4.78, 5) is 7.51. The SMILES string of the molecule is c1ccc(-c2nc3c(ccc4cccc(N(c5ccc6sc7ccccc7c6c5)c5ccccc5-c5ccccc5)c43)o2)cc1. The molecule has 0 aliphatic carbocycles. The molecule has 0 bridgehead atoms. The minimum atomic E-state index is 0.621. The van der Waals surface area contributed by atoms with Gasteiger partial charge in [0.1, 0.15) is 5.52 Å². The predicted octanol–water partition coefficient (Wildman–Crippen LogP) is 12.2. The van der Waals surface area contributed by atoms with E-state index in [1.54, 1.807) is 0 Å². The number of fused-ring (bicyclic) bond motifs is 6. The lowest BCUT2D eigenvalue weighted by atomic mass is 10.00. The standard InChI is InChI=1S/C41H26N2OS/c1-3-12-27(13-4-1)31-17-7-9-19-34(31)43(30-23-25-38-33(26-30)32-18-8-10-21-37(32)45-38)35-20-11-16-28-22-24-36-40(39(28)35)42-41(44-36)29-14-5-2-6-15-29/h1-26H. The number of rotatable bonds is 5. The molecular formula is C41H26N2OS. The lowest BCUT2D eigenvalue weighted by Crippen LogP contribution is -2.12. The van der Waals surface area contributed by atoms with Crippen LogP contribution in [0.3, 0.4) is 0 Å². The summed E-state index contributed by atoms with van der Waals surface area (Å²) in [5, 5.41) is 4.70. The first-order valence-corrected chi connectivity index (χ1v) is 15.9. The quantitative estimate of drug-likeness (QED) is 0.198. The number of oxazole rings is 1. The van der Waals surface area contributed by atoms with E-state index in [4.69, 9.17) is 9.40 Å². The van der Waals surface area contributed by atoms with Gasteiger partial charge in [-0.1, -0.05) is 103 Å². The van der Waals surface area contributed by atoms with Crippen LogP contribution in [0.15, 0.2) is 162 Å². The highest BCUT2D eigenvalue weighted by atomic mass is 32.1. The summed E-state index contributed by atoms with van der Waals surface area (Å²) in [7, 11) is 0. The van der Waals surface area contributed by atoms with Crippen LogP contribution in [0.2, 0.25) is 0 Å². The number of benzene rings is 7. The lowest BCUT2D eigenvalue weighted by molar-refractivity contribution is 0.620. The van der Waals surface area contributed by atoms with Crippen LogP contribution < -0.4 is 4.90 Å². The molecule has 0 atom stereocenters. The van der Waals surface area contributed by atoms with Gasteiger partial charge in [0.05, 0.1) is 11.4 Å². The molecule has 7 aromatic carbocycles. The molecule has 0 spiro atoms. The molecule has 0 N–H and O–H groups in total. The van der Waals surface area contributed by atoms with Crippen molar-refractivity contribution in [2.75, 3.05) is 4.90 Å². The minimum Gasteiger partial charge on any atom is -0.436 e. The third kappa shape index (κ3) is 4.30. The fraction of sp³-hybridized carbons (Fsp3) is 0. The average molecular weight is 595 g/mol. The first-order chi connectivity index (χ1) is 22.3. The lowest BCUT2D eigenvalue weighted by Gasteiger charge is -2.29. The maximum Gasteiger partial charge on any atom is 0.227 e. The molecule has 0 radical (unpaired) electrons. The van der Waals surface area contributed by atoms with Crippen LogP contribution in [0.4, 0.5) is 17.1 Å². The Morgan fingerprint density at radius 2 is 1.24 bits per heavy atom. The largest absolute Gasteiger partial charge is 0.436 e. The Labute approximate surface area is 264 Å². The van der Waals surface area contributed by atoms with Crippen molar-refractivity contribution < 1.29 is 4.42 Å². The van der Waals surface area contributed by atoms with E-state index in [1.807, 2.05) is 47.7 Å². The van der Waals surface area contributed by atoms with Crippen LogP contribution in [0.1, 0.15) is 0 Å². The molecule has 4 heteroatoms. The van der Waals surface area contributed by atoms with Crippen molar-refractivity contribution in [3.8, 4) is 22.6 Å². The van der Waals surface area contributed by atoms with E-state index in [1.165, 1.54) is 25.7 Å². The number of hydrogen-bond acceptors (Lipinski definition) is 4. The highest BCUT2D eigenvalue weighted by molar-refractivity contribution is 7.25. The van der Waals surface area contributed by atoms with Crippen LogP contribution in [0, 0.1) is 0 Å². The minimum absolute atomic E-state index is 0.621. The van der Waals surface area contributed by atoms with Gasteiger partial charge in [-0.05, 0) is 65.5 Å². The van der Waals surface area contributed by atoms with Gasteiger partial charge in [-0.3, -0.25) is 0 Å². The molecule has 212 valence electrons. The normalized spacial score (nSPS) is 11.6. The molecule has 0 amide bonds. The topological polar surface area (TPSA) is 29.3 Å². The molecular weight excluding hydrogens is 569 g/mol. The van der Waals surface area contributed by atoms with Crippen molar-refractivity contribution in [1.82, 2.24) is 4.98 Å². The third-order valence-electron chi connectivity index (χ3n) is 8.49. The molecule has 2 heterocycles. The zero-order valence-corrected chi connectivity index (χ0v) is 25.0. The van der Waals surface area contributed by atoms with Crippen molar-refractivity contribution in [1.29, 1.82) is 0 Å². The predicted molar refractivity (Wildman–Crippen MR) is 190 cm³/mol. The number of aromatic nitrogens is 1. The molecule has 9 aromatic rings. The van der Waals surface area contributed by atoms with Crippen LogP contribution in [-0.2, 0) is 0 Å². The fourth-order valence-corrected chi connectivity index (χ4v) is 7.51. The summed E-state index contributed by atoms with van der Waals surface area (Å²) in [5.74, 6) is 0.621. The Morgan fingerprint density at radius 1 is 0.533 bits per heavy atom. The number of para-hydroxylation sites is 1. The number of hydrogen-bond donors (Lipinski definition) is 0. The second-order valence-electron chi connectivity index (χ2n) is 11.2. The molecule has 0 aliphatic rings. The summed E-state index contributed by atoms with van der Waals surface area (Å²) < 4.78 is 8.94. The van der Waals surface area contributed by atoms with E-state index in [-0.39, 0.29) is 0 Å². The van der Waals surface area contributed by atoms with Gasteiger partial charge in [0, 0.05) is 42.4 Å². The van der Waals surface area contributed by atoms with Gasteiger partial charge < -0.3 is 9.32 Å². The molecule has 3 nitrogen and oxygen atoms in total. The van der Waals surface area contributed by atoms with E-state index in [2.05, 4.69) is 126 Å². The first-order valence-electron chi connectivity index (χ1n) is 15.1. The Morgan fingerprint density at radius 3 is 2.11 bits per heavy atom. The van der Waals surface area contributed by atoms with Gasteiger partial charge in [-0.25, -0.2) is 4.98 Å². The Kier molecular flexibility index (Phi) is 6.00. The highest BCUT2D eigenvalue weighted by Crippen LogP contribution is 2.47. The van der Waals surface area contributed by atoms with Crippen molar-refractivity contribution in [3.63, 3.8) is 0 Å². The molecule has 9 rings (SSSR count). The maximum absolute atomic E-state index is 6.37. The van der Waals surface area contributed by atoms with Crippen LogP contribution in [-0.4, -0.2) is 4.98 Å². The summed E-state index contributed by atoms with van der Waals surface area (Å²) in [5.41, 5.74) is 8.13. The number of thiophene rings is 1. The molecule has 0 fully saturated rings. The van der Waals surface area contributed by atoms with Gasteiger partial charge in [0.2, 0.25) is 5.89 Å². The zero-order chi connectivity index (χ0) is 29.7. The van der Waals surface area contributed by atoms with Crippen LogP contribution in [0.5, 0.6) is 0 Å². The van der Waals surface area contributed by atoms with E-state index in [0.717, 1.165) is 50.1 Å². The Bertz CT molecular complexity index is 2500.